The first-order chi connectivity index (χ1) is 27.8. The molecule has 2 aliphatic heterocycles. The summed E-state index contributed by atoms with van der Waals surface area (Å²) in [7, 11) is -4.14. The van der Waals surface area contributed by atoms with Crippen LogP contribution in [-0.4, -0.2) is 105 Å². The summed E-state index contributed by atoms with van der Waals surface area (Å²) in [6.07, 6.45) is -3.35. The standard InChI is InChI=1S/C41H53ClF3N5O9S/c1-22(2)58-31-19-28-27(13-10-14-29(28)42)34(46-31)59-26-18-30-33(51)47-40(36(53)48-60(56,57)39(7)15-16-39)20-25(40)12-9-8-11-23(3)17-24(4)32(35(52)49(30)21-26)50(37(54)55)38(5,6)41(43,44)45/h9-10,12-14,19,22-26,30,32H,8,11,15-18,20-21H2,1-7H3,(H,47,51)(H,48,53)(H,54,55)/b12-9-/t23-,24+,25+,26+,30-,32-,40+/m0/s1. The molecule has 1 aromatic carbocycles. The number of rotatable bonds is 9. The second-order valence-corrected chi connectivity index (χ2v) is 20.5. The van der Waals surface area contributed by atoms with E-state index in [0.717, 1.165) is 4.90 Å². The number of fused-ring (bicyclic) bond motifs is 3. The van der Waals surface area contributed by atoms with Crippen molar-refractivity contribution < 1.29 is 55.3 Å². The van der Waals surface area contributed by atoms with Crippen LogP contribution in [0.1, 0.15) is 93.4 Å². The molecule has 2 aliphatic carbocycles. The molecule has 0 spiro atoms. The molecule has 3 fully saturated rings. The Labute approximate surface area is 352 Å². The van der Waals surface area contributed by atoms with E-state index in [-0.39, 0.29) is 47.9 Å². The second-order valence-electron chi connectivity index (χ2n) is 17.9. The number of ether oxygens (including phenoxy) is 2. The van der Waals surface area contributed by atoms with Crippen LogP contribution >= 0.6 is 11.6 Å². The molecule has 1 aromatic heterocycles. The van der Waals surface area contributed by atoms with Crippen LogP contribution in [0.2, 0.25) is 5.02 Å². The quantitative estimate of drug-likeness (QED) is 0.232. The lowest BCUT2D eigenvalue weighted by Crippen LogP contribution is -2.66. The number of aromatic nitrogens is 1. The van der Waals surface area contributed by atoms with Crippen LogP contribution in [0.4, 0.5) is 18.0 Å². The molecular weight excluding hydrogens is 831 g/mol. The van der Waals surface area contributed by atoms with Crippen molar-refractivity contribution in [3.63, 3.8) is 0 Å². The van der Waals surface area contributed by atoms with Crippen molar-refractivity contribution >= 4 is 56.2 Å². The zero-order chi connectivity index (χ0) is 44.3. The van der Waals surface area contributed by atoms with E-state index >= 15 is 4.79 Å². The lowest BCUT2D eigenvalue weighted by molar-refractivity contribution is -0.222. The highest BCUT2D eigenvalue weighted by molar-refractivity contribution is 7.91. The molecule has 3 N–H and O–H groups in total. The molecular formula is C41H53ClF3N5O9S. The zero-order valence-electron chi connectivity index (χ0n) is 34.6. The van der Waals surface area contributed by atoms with Crippen molar-refractivity contribution in [1.82, 2.24) is 24.8 Å². The first kappa shape index (κ1) is 45.2. The highest BCUT2D eigenvalue weighted by Gasteiger charge is 2.64. The number of halogens is 4. The maximum absolute atomic E-state index is 15.1. The molecule has 2 saturated carbocycles. The number of allylic oxidation sites excluding steroid dienone is 1. The van der Waals surface area contributed by atoms with E-state index in [1.54, 1.807) is 50.3 Å². The van der Waals surface area contributed by atoms with Gasteiger partial charge in [-0.15, -0.1) is 0 Å². The summed E-state index contributed by atoms with van der Waals surface area (Å²) in [5, 5.41) is 14.6. The smallest absolute Gasteiger partial charge is 0.411 e. The minimum absolute atomic E-state index is 0.0254. The molecule has 2 aromatic rings. The number of amides is 4. The fourth-order valence-electron chi connectivity index (χ4n) is 8.32. The number of hydrogen-bond acceptors (Lipinski definition) is 9. The Kier molecular flexibility index (Phi) is 12.2. The topological polar surface area (TPSA) is 185 Å². The maximum atomic E-state index is 15.1. The summed E-state index contributed by atoms with van der Waals surface area (Å²) in [6.45, 7) is 9.43. The Balaban J connectivity index is 1.45. The van der Waals surface area contributed by atoms with Crippen molar-refractivity contribution in [3.8, 4) is 11.8 Å². The third kappa shape index (κ3) is 8.72. The maximum Gasteiger partial charge on any atom is 0.411 e. The fraction of sp³-hybridized carbons (Fsp3) is 0.634. The lowest BCUT2D eigenvalue weighted by atomic mass is 9.85. The predicted molar refractivity (Wildman–Crippen MR) is 216 cm³/mol. The Morgan fingerprint density at radius 3 is 2.43 bits per heavy atom. The van der Waals surface area contributed by atoms with Crippen LogP contribution in [0, 0.1) is 17.8 Å². The van der Waals surface area contributed by atoms with Crippen molar-refractivity contribution in [2.75, 3.05) is 6.54 Å². The summed E-state index contributed by atoms with van der Waals surface area (Å²) in [6, 6.07) is 3.21. The molecule has 330 valence electrons. The van der Waals surface area contributed by atoms with Gasteiger partial charge in [0.05, 0.1) is 17.4 Å². The van der Waals surface area contributed by atoms with Gasteiger partial charge in [-0.05, 0) is 97.1 Å². The normalized spacial score (nSPS) is 29.0. The molecule has 0 radical (unpaired) electrons. The van der Waals surface area contributed by atoms with E-state index < -0.39 is 92.4 Å². The number of hydrogen-bond donors (Lipinski definition) is 3. The molecule has 7 atom stereocenters. The van der Waals surface area contributed by atoms with Crippen molar-refractivity contribution in [2.24, 2.45) is 17.8 Å². The van der Waals surface area contributed by atoms with Crippen LogP contribution in [0.15, 0.2) is 36.4 Å². The van der Waals surface area contributed by atoms with E-state index in [1.165, 1.54) is 13.8 Å². The number of carboxylic acid groups (broad SMARTS) is 1. The third-order valence-electron chi connectivity index (χ3n) is 12.4. The van der Waals surface area contributed by atoms with Crippen molar-refractivity contribution in [2.45, 2.75) is 140 Å². The highest BCUT2D eigenvalue weighted by atomic mass is 35.5. The SMILES string of the molecule is CC(C)Oc1cc2c(Cl)cccc2c(O[C@@H]2C[C@H]3C(=O)N[C@]4(C(=O)NS(=O)(=O)C5(C)CC5)C[C@H]4/C=C\CC[C@H](C)C[C@@H](C)[C@H](N(C(=O)O)C(C)(C)C(F)(F)F)C(=O)N3C2)n1. The van der Waals surface area contributed by atoms with Gasteiger partial charge >= 0.3 is 12.3 Å². The minimum Gasteiger partial charge on any atom is -0.475 e. The van der Waals surface area contributed by atoms with Gasteiger partial charge < -0.3 is 24.8 Å². The number of alkyl halides is 3. The van der Waals surface area contributed by atoms with Crippen LogP contribution < -0.4 is 19.5 Å². The van der Waals surface area contributed by atoms with E-state index in [4.69, 9.17) is 21.1 Å². The van der Waals surface area contributed by atoms with Gasteiger partial charge in [0.15, 0.2) is 0 Å². The number of carbonyl (C=O) groups excluding carboxylic acids is 3. The van der Waals surface area contributed by atoms with Crippen LogP contribution in [0.25, 0.3) is 10.8 Å². The highest BCUT2D eigenvalue weighted by Crippen LogP contribution is 2.48. The van der Waals surface area contributed by atoms with Crippen molar-refractivity contribution in [3.05, 3.63) is 41.4 Å². The summed E-state index contributed by atoms with van der Waals surface area (Å²) < 4.78 is 84.0. The van der Waals surface area contributed by atoms with Crippen LogP contribution in [0.3, 0.4) is 0 Å². The van der Waals surface area contributed by atoms with E-state index in [2.05, 4.69) is 15.0 Å². The number of nitrogens with zero attached hydrogens (tertiary/aromatic N) is 3. The fourth-order valence-corrected chi connectivity index (χ4v) is 9.86. The monoisotopic (exact) mass is 883 g/mol. The van der Waals surface area contributed by atoms with Crippen LogP contribution in [0.5, 0.6) is 11.8 Å². The van der Waals surface area contributed by atoms with Gasteiger partial charge in [-0.2, -0.15) is 18.2 Å². The van der Waals surface area contributed by atoms with Crippen molar-refractivity contribution in [1.29, 1.82) is 0 Å². The second kappa shape index (κ2) is 16.2. The summed E-state index contributed by atoms with van der Waals surface area (Å²) in [4.78, 5) is 62.4. The number of carbonyl (C=O) groups is 4. The summed E-state index contributed by atoms with van der Waals surface area (Å²) in [5.41, 5.74) is -4.79. The van der Waals surface area contributed by atoms with Gasteiger partial charge in [-0.1, -0.05) is 43.7 Å². The Hall–Kier alpha value is -4.32. The largest absolute Gasteiger partial charge is 0.475 e. The Bertz CT molecular complexity index is 2180. The van der Waals surface area contributed by atoms with Gasteiger partial charge in [-0.25, -0.2) is 13.2 Å². The number of sulfonamides is 1. The van der Waals surface area contributed by atoms with Gasteiger partial charge in [0, 0.05) is 34.2 Å². The van der Waals surface area contributed by atoms with E-state index in [0.29, 0.717) is 55.3 Å². The van der Waals surface area contributed by atoms with Gasteiger partial charge in [0.2, 0.25) is 33.6 Å². The Morgan fingerprint density at radius 2 is 1.82 bits per heavy atom. The third-order valence-corrected chi connectivity index (χ3v) is 14.9. The number of pyridine rings is 1. The molecule has 4 aliphatic rings. The van der Waals surface area contributed by atoms with Gasteiger partial charge in [-0.3, -0.25) is 24.0 Å². The average molecular weight is 884 g/mol. The van der Waals surface area contributed by atoms with E-state index in [1.807, 2.05) is 6.92 Å². The molecule has 0 unspecified atom stereocenters. The molecule has 3 heterocycles. The van der Waals surface area contributed by atoms with Gasteiger partial charge in [0.1, 0.15) is 29.3 Å². The van der Waals surface area contributed by atoms with Crippen LogP contribution in [-0.2, 0) is 24.4 Å². The van der Waals surface area contributed by atoms with Gasteiger partial charge in [0.25, 0.3) is 5.91 Å². The number of benzene rings is 1. The molecule has 60 heavy (non-hydrogen) atoms. The number of nitrogens with one attached hydrogen (secondary N) is 2. The van der Waals surface area contributed by atoms with E-state index in [9.17, 15) is 41.1 Å². The molecule has 0 bridgehead atoms. The molecule has 14 nitrogen and oxygen atoms in total. The molecule has 1 saturated heterocycles. The Morgan fingerprint density at radius 1 is 1.13 bits per heavy atom. The molecule has 4 amide bonds. The predicted octanol–water partition coefficient (Wildman–Crippen LogP) is 6.60. The summed E-state index contributed by atoms with van der Waals surface area (Å²) >= 11 is 6.56. The molecule has 6 rings (SSSR count). The first-order valence-electron chi connectivity index (χ1n) is 20.2. The zero-order valence-corrected chi connectivity index (χ0v) is 36.2. The molecule has 19 heteroatoms. The minimum atomic E-state index is -5.11. The average Bonchev–Trinajstić information content (AvgIpc) is 4.01. The first-order valence-corrected chi connectivity index (χ1v) is 22.1. The summed E-state index contributed by atoms with van der Waals surface area (Å²) in [5.74, 6) is -4.54. The lowest BCUT2D eigenvalue weighted by Gasteiger charge is -2.45.